The predicted molar refractivity (Wildman–Crippen MR) is 68.2 cm³/mol. The normalized spacial score (nSPS) is 12.5. The number of Topliss-reactive ketones (excluding diaryl/α,β-unsaturated/α-hetero) is 1. The van der Waals surface area contributed by atoms with Crippen LogP contribution in [-0.2, 0) is 0 Å². The highest BCUT2D eigenvalue weighted by atomic mass is 35.5. The van der Waals surface area contributed by atoms with Gasteiger partial charge in [-0.15, -0.1) is 0 Å². The first-order valence-electron chi connectivity index (χ1n) is 5.25. The molecule has 0 saturated carbocycles. The van der Waals surface area contributed by atoms with Gasteiger partial charge in [-0.1, -0.05) is 30.1 Å². The monoisotopic (exact) mass is 259 g/mol. The molecule has 0 aliphatic heterocycles. The molecular weight excluding hydrogens is 245 g/mol. The lowest BCUT2D eigenvalue weighted by Gasteiger charge is -2.10. The minimum atomic E-state index is -0.0270. The van der Waals surface area contributed by atoms with Crippen molar-refractivity contribution in [2.75, 3.05) is 6.54 Å². The van der Waals surface area contributed by atoms with Crippen molar-refractivity contribution in [2.24, 2.45) is 11.7 Å². The van der Waals surface area contributed by atoms with Crippen LogP contribution in [0, 0.1) is 5.92 Å². The molecule has 2 N–H and O–H groups in total. The number of nitrogens with two attached hydrogens (primary N) is 1. The maximum atomic E-state index is 12.0. The van der Waals surface area contributed by atoms with E-state index in [-0.39, 0.29) is 11.7 Å². The van der Waals surface area contributed by atoms with E-state index in [2.05, 4.69) is 0 Å². The second-order valence-corrected chi connectivity index (χ2v) is 4.64. The number of hydrogen-bond donors (Lipinski definition) is 1. The number of carbonyl (C=O) groups is 1. The Morgan fingerprint density at radius 3 is 2.62 bits per heavy atom. The molecule has 0 aromatic heterocycles. The van der Waals surface area contributed by atoms with E-state index in [0.29, 0.717) is 22.2 Å². The Hall–Kier alpha value is -0.570. The van der Waals surface area contributed by atoms with E-state index in [0.717, 1.165) is 12.8 Å². The molecular formula is C12H15Cl2NO. The summed E-state index contributed by atoms with van der Waals surface area (Å²) in [7, 11) is 0. The molecule has 0 aliphatic rings. The Kier molecular flexibility index (Phi) is 5.26. The average Bonchev–Trinajstić information content (AvgIpc) is 2.28. The van der Waals surface area contributed by atoms with Gasteiger partial charge in [-0.25, -0.2) is 0 Å². The van der Waals surface area contributed by atoms with E-state index < -0.39 is 0 Å². The summed E-state index contributed by atoms with van der Waals surface area (Å²) in [5.41, 5.74) is 6.02. The number of rotatable bonds is 5. The molecule has 0 fully saturated rings. The summed E-state index contributed by atoms with van der Waals surface area (Å²) in [5.74, 6) is 0.0628. The van der Waals surface area contributed by atoms with Crippen LogP contribution in [0.3, 0.4) is 0 Å². The summed E-state index contributed by atoms with van der Waals surface area (Å²) in [5, 5.41) is 0.881. The number of halogens is 2. The summed E-state index contributed by atoms with van der Waals surface area (Å²) in [4.78, 5) is 12.0. The molecule has 1 aromatic carbocycles. The SMILES string of the molecule is CC(CCCN)C(=O)c1ccc(Cl)c(Cl)c1. The largest absolute Gasteiger partial charge is 0.330 e. The Bertz CT molecular complexity index is 379. The number of ketones is 1. The Balaban J connectivity index is 2.76. The molecule has 0 amide bonds. The smallest absolute Gasteiger partial charge is 0.165 e. The van der Waals surface area contributed by atoms with Gasteiger partial charge in [0.25, 0.3) is 0 Å². The Morgan fingerprint density at radius 1 is 1.38 bits per heavy atom. The molecule has 0 aliphatic carbocycles. The van der Waals surface area contributed by atoms with Crippen molar-refractivity contribution in [1.82, 2.24) is 0 Å². The molecule has 88 valence electrons. The molecule has 16 heavy (non-hydrogen) atoms. The number of carbonyl (C=O) groups excluding carboxylic acids is 1. The van der Waals surface area contributed by atoms with E-state index in [1.807, 2.05) is 6.92 Å². The average molecular weight is 260 g/mol. The number of benzene rings is 1. The molecule has 0 radical (unpaired) electrons. The van der Waals surface area contributed by atoms with E-state index >= 15 is 0 Å². The zero-order valence-corrected chi connectivity index (χ0v) is 10.7. The molecule has 0 spiro atoms. The molecule has 0 bridgehead atoms. The van der Waals surface area contributed by atoms with Crippen LogP contribution in [0.1, 0.15) is 30.1 Å². The first kappa shape index (κ1) is 13.5. The minimum absolute atomic E-state index is 0.0270. The summed E-state index contributed by atoms with van der Waals surface area (Å²) in [6.45, 7) is 2.51. The quantitative estimate of drug-likeness (QED) is 0.822. The molecule has 0 heterocycles. The van der Waals surface area contributed by atoms with Crippen molar-refractivity contribution >= 4 is 29.0 Å². The standard InChI is InChI=1S/C12H15Cl2NO/c1-8(3-2-6-15)12(16)9-4-5-10(13)11(14)7-9/h4-5,7-8H,2-3,6,15H2,1H3. The Morgan fingerprint density at radius 2 is 2.06 bits per heavy atom. The van der Waals surface area contributed by atoms with E-state index in [1.165, 1.54) is 0 Å². The predicted octanol–water partition coefficient (Wildman–Crippen LogP) is 3.55. The van der Waals surface area contributed by atoms with Gasteiger partial charge >= 0.3 is 0 Å². The van der Waals surface area contributed by atoms with Gasteiger partial charge in [-0.2, -0.15) is 0 Å². The molecule has 1 rings (SSSR count). The maximum Gasteiger partial charge on any atom is 0.165 e. The highest BCUT2D eigenvalue weighted by Crippen LogP contribution is 2.24. The van der Waals surface area contributed by atoms with Crippen molar-refractivity contribution in [3.8, 4) is 0 Å². The van der Waals surface area contributed by atoms with Crippen molar-refractivity contribution in [3.05, 3.63) is 33.8 Å². The van der Waals surface area contributed by atoms with Crippen LogP contribution in [0.25, 0.3) is 0 Å². The van der Waals surface area contributed by atoms with Crippen LogP contribution in [0.15, 0.2) is 18.2 Å². The van der Waals surface area contributed by atoms with Gasteiger partial charge in [0.2, 0.25) is 0 Å². The summed E-state index contributed by atoms with van der Waals surface area (Å²) in [6.07, 6.45) is 1.66. The van der Waals surface area contributed by atoms with Crippen LogP contribution in [0.2, 0.25) is 10.0 Å². The zero-order valence-electron chi connectivity index (χ0n) is 9.17. The Labute approximate surface area is 106 Å². The van der Waals surface area contributed by atoms with Crippen LogP contribution in [-0.4, -0.2) is 12.3 Å². The molecule has 4 heteroatoms. The third-order valence-electron chi connectivity index (χ3n) is 2.49. The van der Waals surface area contributed by atoms with E-state index in [1.54, 1.807) is 18.2 Å². The number of hydrogen-bond acceptors (Lipinski definition) is 2. The topological polar surface area (TPSA) is 43.1 Å². The lowest BCUT2D eigenvalue weighted by Crippen LogP contribution is -2.13. The van der Waals surface area contributed by atoms with E-state index in [4.69, 9.17) is 28.9 Å². The van der Waals surface area contributed by atoms with Gasteiger partial charge in [-0.05, 0) is 37.6 Å². The summed E-state index contributed by atoms with van der Waals surface area (Å²) in [6, 6.07) is 4.97. The highest BCUT2D eigenvalue weighted by Gasteiger charge is 2.15. The van der Waals surface area contributed by atoms with Gasteiger partial charge in [0.1, 0.15) is 0 Å². The maximum absolute atomic E-state index is 12.0. The zero-order chi connectivity index (χ0) is 12.1. The second kappa shape index (κ2) is 6.24. The molecule has 1 unspecified atom stereocenters. The first-order valence-corrected chi connectivity index (χ1v) is 6.01. The van der Waals surface area contributed by atoms with Crippen molar-refractivity contribution in [3.63, 3.8) is 0 Å². The van der Waals surface area contributed by atoms with Crippen molar-refractivity contribution < 1.29 is 4.79 Å². The lowest BCUT2D eigenvalue weighted by molar-refractivity contribution is 0.0923. The molecule has 0 saturated heterocycles. The minimum Gasteiger partial charge on any atom is -0.330 e. The van der Waals surface area contributed by atoms with E-state index in [9.17, 15) is 4.79 Å². The summed E-state index contributed by atoms with van der Waals surface area (Å²) >= 11 is 11.7. The van der Waals surface area contributed by atoms with Gasteiger partial charge in [0.05, 0.1) is 10.0 Å². The van der Waals surface area contributed by atoms with Gasteiger partial charge in [0.15, 0.2) is 5.78 Å². The van der Waals surface area contributed by atoms with Crippen LogP contribution in [0.5, 0.6) is 0 Å². The molecule has 2 nitrogen and oxygen atoms in total. The van der Waals surface area contributed by atoms with Crippen molar-refractivity contribution in [1.29, 1.82) is 0 Å². The summed E-state index contributed by atoms with van der Waals surface area (Å²) < 4.78 is 0. The van der Waals surface area contributed by atoms with Crippen molar-refractivity contribution in [2.45, 2.75) is 19.8 Å². The third-order valence-corrected chi connectivity index (χ3v) is 3.23. The lowest BCUT2D eigenvalue weighted by atomic mass is 9.95. The molecule has 1 atom stereocenters. The third kappa shape index (κ3) is 3.48. The highest BCUT2D eigenvalue weighted by molar-refractivity contribution is 6.42. The van der Waals surface area contributed by atoms with Crippen LogP contribution < -0.4 is 5.73 Å². The fourth-order valence-electron chi connectivity index (χ4n) is 1.49. The van der Waals surface area contributed by atoms with Crippen LogP contribution in [0.4, 0.5) is 0 Å². The molecule has 1 aromatic rings. The fraction of sp³-hybridized carbons (Fsp3) is 0.417. The van der Waals surface area contributed by atoms with Gasteiger partial charge in [0, 0.05) is 11.5 Å². The van der Waals surface area contributed by atoms with Gasteiger partial charge in [-0.3, -0.25) is 4.79 Å². The fourth-order valence-corrected chi connectivity index (χ4v) is 1.79. The van der Waals surface area contributed by atoms with Crippen LogP contribution >= 0.6 is 23.2 Å². The van der Waals surface area contributed by atoms with Gasteiger partial charge < -0.3 is 5.73 Å². The second-order valence-electron chi connectivity index (χ2n) is 3.83. The first-order chi connectivity index (χ1) is 7.56.